The molecule has 23 heavy (non-hydrogen) atoms. The number of fused-ring (bicyclic) bond motifs is 2. The number of hydrogen-bond donors (Lipinski definition) is 2. The second kappa shape index (κ2) is 4.87. The Labute approximate surface area is 136 Å². The zero-order valence-corrected chi connectivity index (χ0v) is 14.1. The summed E-state index contributed by atoms with van der Waals surface area (Å²) in [4.78, 5) is 10.2. The Bertz CT molecular complexity index is 905. The lowest BCUT2D eigenvalue weighted by molar-refractivity contribution is 0.630. The maximum absolute atomic E-state index is 11.2. The van der Waals surface area contributed by atoms with Crippen LogP contribution in [0.25, 0.3) is 11.0 Å². The predicted octanol–water partition coefficient (Wildman–Crippen LogP) is 3.21. The van der Waals surface area contributed by atoms with Gasteiger partial charge >= 0.3 is 0 Å². The van der Waals surface area contributed by atoms with Crippen LogP contribution >= 0.6 is 10.5 Å². The van der Waals surface area contributed by atoms with Crippen molar-refractivity contribution in [3.63, 3.8) is 0 Å². The first-order chi connectivity index (χ1) is 11.0. The van der Waals surface area contributed by atoms with Crippen LogP contribution in [0.3, 0.4) is 0 Å². The van der Waals surface area contributed by atoms with Crippen LogP contribution < -0.4 is 9.62 Å². The summed E-state index contributed by atoms with van der Waals surface area (Å²) in [5, 5.41) is 3.01. The van der Waals surface area contributed by atoms with Crippen molar-refractivity contribution in [1.82, 2.24) is 14.5 Å². The van der Waals surface area contributed by atoms with E-state index in [2.05, 4.69) is 21.4 Å². The second-order valence-corrected chi connectivity index (χ2v) is 8.31. The van der Waals surface area contributed by atoms with Gasteiger partial charge in [-0.1, -0.05) is 18.2 Å². The van der Waals surface area contributed by atoms with Crippen LogP contribution in [-0.2, 0) is 13.6 Å². The molecule has 0 amide bonds. The Hall–Kier alpha value is -2.25. The van der Waals surface area contributed by atoms with Crippen LogP contribution in [0, 0.1) is 0 Å². The average Bonchev–Trinajstić information content (AvgIpc) is 3.05. The van der Waals surface area contributed by atoms with Crippen LogP contribution in [0.2, 0.25) is 0 Å². The molecule has 0 bridgehead atoms. The lowest BCUT2D eigenvalue weighted by atomic mass is 10.2. The number of aromatic nitrogens is 3. The molecule has 0 fully saturated rings. The molecule has 1 atom stereocenters. The third-order valence-corrected chi connectivity index (χ3v) is 6.69. The lowest BCUT2D eigenvalue weighted by Crippen LogP contribution is -2.22. The van der Waals surface area contributed by atoms with Crippen LogP contribution in [0.4, 0.5) is 11.8 Å². The average molecular weight is 329 g/mol. The smallest absolute Gasteiger partial charge is 0.225 e. The summed E-state index contributed by atoms with van der Waals surface area (Å²) in [5.74, 6) is 1.33. The van der Waals surface area contributed by atoms with Crippen molar-refractivity contribution < 1.29 is 4.55 Å². The molecule has 3 heterocycles. The van der Waals surface area contributed by atoms with Gasteiger partial charge in [0.25, 0.3) is 0 Å². The minimum atomic E-state index is -2.11. The highest BCUT2D eigenvalue weighted by Crippen LogP contribution is 2.60. The van der Waals surface area contributed by atoms with E-state index in [0.29, 0.717) is 12.5 Å². The molecule has 1 aliphatic rings. The van der Waals surface area contributed by atoms with Crippen molar-refractivity contribution in [3.05, 3.63) is 42.1 Å². The molecule has 1 aromatic carbocycles. The molecular formula is C16H19N5OS. The Morgan fingerprint density at radius 3 is 2.74 bits per heavy atom. The molecule has 1 unspecified atom stereocenters. The minimum Gasteiger partial charge on any atom is -0.357 e. The van der Waals surface area contributed by atoms with Gasteiger partial charge in [0.15, 0.2) is 5.82 Å². The first kappa shape index (κ1) is 14.3. The van der Waals surface area contributed by atoms with Gasteiger partial charge in [-0.15, -0.1) is 0 Å². The fraction of sp³-hybridized carbons (Fsp3) is 0.250. The van der Waals surface area contributed by atoms with E-state index in [4.69, 9.17) is 0 Å². The second-order valence-electron chi connectivity index (χ2n) is 5.76. The molecular weight excluding hydrogens is 310 g/mol. The summed E-state index contributed by atoms with van der Waals surface area (Å²) in [6.07, 6.45) is 3.87. The first-order valence-corrected chi connectivity index (χ1v) is 9.35. The van der Waals surface area contributed by atoms with Crippen molar-refractivity contribution in [1.29, 1.82) is 0 Å². The quantitative estimate of drug-likeness (QED) is 0.756. The highest BCUT2D eigenvalue weighted by Gasteiger charge is 2.37. The molecule has 3 aromatic rings. The van der Waals surface area contributed by atoms with Crippen molar-refractivity contribution in [2.75, 3.05) is 22.9 Å². The van der Waals surface area contributed by atoms with Gasteiger partial charge in [-0.2, -0.15) is 4.98 Å². The predicted molar refractivity (Wildman–Crippen MR) is 95.1 cm³/mol. The maximum atomic E-state index is 11.2. The van der Waals surface area contributed by atoms with E-state index in [9.17, 15) is 4.55 Å². The lowest BCUT2D eigenvalue weighted by Gasteiger charge is -2.36. The van der Waals surface area contributed by atoms with Crippen LogP contribution in [-0.4, -0.2) is 32.4 Å². The molecule has 7 heteroatoms. The third kappa shape index (κ3) is 2.00. The summed E-state index contributed by atoms with van der Waals surface area (Å²) < 4.78 is 15.2. The van der Waals surface area contributed by atoms with Gasteiger partial charge < -0.3 is 14.4 Å². The van der Waals surface area contributed by atoms with Crippen molar-refractivity contribution in [2.24, 2.45) is 7.05 Å². The highest BCUT2D eigenvalue weighted by molar-refractivity contribution is 8.29. The number of rotatable bonds is 2. The van der Waals surface area contributed by atoms with E-state index in [1.54, 1.807) is 7.05 Å². The summed E-state index contributed by atoms with van der Waals surface area (Å²) in [6.45, 7) is 0.652. The van der Waals surface area contributed by atoms with Gasteiger partial charge in [-0.3, -0.25) is 4.31 Å². The number of anilines is 2. The topological polar surface area (TPSA) is 66.2 Å². The maximum Gasteiger partial charge on any atom is 0.225 e. The minimum absolute atomic E-state index is 0.560. The Morgan fingerprint density at radius 2 is 2.00 bits per heavy atom. The molecule has 6 nitrogen and oxygen atoms in total. The number of nitrogens with one attached hydrogen (secondary N) is 1. The van der Waals surface area contributed by atoms with Gasteiger partial charge in [0, 0.05) is 31.4 Å². The molecule has 120 valence electrons. The van der Waals surface area contributed by atoms with E-state index >= 15 is 0 Å². The largest absolute Gasteiger partial charge is 0.357 e. The molecule has 2 N–H and O–H groups in total. The molecule has 0 radical (unpaired) electrons. The zero-order chi connectivity index (χ0) is 16.2. The Balaban J connectivity index is 1.95. The Kier molecular flexibility index (Phi) is 3.04. The summed E-state index contributed by atoms with van der Waals surface area (Å²) in [5.41, 5.74) is 2.96. The molecule has 0 saturated carbocycles. The monoisotopic (exact) mass is 329 g/mol. The van der Waals surface area contributed by atoms with Crippen LogP contribution in [0.5, 0.6) is 0 Å². The van der Waals surface area contributed by atoms with E-state index in [0.717, 1.165) is 27.3 Å². The third-order valence-electron chi connectivity index (χ3n) is 4.29. The van der Waals surface area contributed by atoms with E-state index in [1.807, 2.05) is 52.6 Å². The summed E-state index contributed by atoms with van der Waals surface area (Å²) in [7, 11) is 1.67. The number of hydrogen-bond acceptors (Lipinski definition) is 5. The molecule has 0 aliphatic carbocycles. The molecule has 0 saturated heterocycles. The van der Waals surface area contributed by atoms with E-state index in [1.165, 1.54) is 0 Å². The van der Waals surface area contributed by atoms with Gasteiger partial charge in [0.1, 0.15) is 5.52 Å². The van der Waals surface area contributed by atoms with Crippen molar-refractivity contribution >= 4 is 33.3 Å². The van der Waals surface area contributed by atoms with Gasteiger partial charge in [0.2, 0.25) is 5.95 Å². The van der Waals surface area contributed by atoms with E-state index in [-0.39, 0.29) is 0 Å². The van der Waals surface area contributed by atoms with Crippen LogP contribution in [0.1, 0.15) is 5.56 Å². The highest BCUT2D eigenvalue weighted by atomic mass is 32.3. The van der Waals surface area contributed by atoms with Crippen molar-refractivity contribution in [3.8, 4) is 0 Å². The number of benzene rings is 1. The zero-order valence-electron chi connectivity index (χ0n) is 13.3. The van der Waals surface area contributed by atoms with Gasteiger partial charge in [-0.05, 0) is 28.2 Å². The van der Waals surface area contributed by atoms with Gasteiger partial charge in [0.05, 0.1) is 12.1 Å². The fourth-order valence-electron chi connectivity index (χ4n) is 3.11. The van der Waals surface area contributed by atoms with E-state index < -0.39 is 10.5 Å². The molecule has 1 aliphatic heterocycles. The normalized spacial score (nSPS) is 22.9. The number of nitrogens with zero attached hydrogens (tertiary/aromatic N) is 4. The first-order valence-electron chi connectivity index (χ1n) is 7.39. The van der Waals surface area contributed by atoms with Gasteiger partial charge in [-0.25, -0.2) is 4.98 Å². The van der Waals surface area contributed by atoms with Crippen molar-refractivity contribution in [2.45, 2.75) is 11.4 Å². The molecule has 2 aromatic heterocycles. The standard InChI is InChI=1S/C16H19N5OS/c1-17-16-18-12-8-9-20(2)14(12)15(19-16)21-10-11-6-4-5-7-13(11)23(21,3)22/h4-9,22H,10H2,1-3H3,(H,17,18,19). The Morgan fingerprint density at radius 1 is 1.22 bits per heavy atom. The summed E-state index contributed by atoms with van der Waals surface area (Å²) >= 11 is 0. The number of aryl methyl sites for hydroxylation is 1. The summed E-state index contributed by atoms with van der Waals surface area (Å²) in [6, 6.07) is 10.0. The molecule has 4 rings (SSSR count). The van der Waals surface area contributed by atoms with Crippen LogP contribution in [0.15, 0.2) is 41.4 Å². The SMILES string of the molecule is CNc1nc(N2Cc3ccccc3S2(C)O)c2c(ccn2C)n1. The molecule has 0 spiro atoms. The fourth-order valence-corrected chi connectivity index (χ4v) is 5.17.